The van der Waals surface area contributed by atoms with Crippen LogP contribution in [0.2, 0.25) is 0 Å². The molecule has 35 heavy (non-hydrogen) atoms. The third kappa shape index (κ3) is 4.60. The van der Waals surface area contributed by atoms with Crippen LogP contribution in [-0.2, 0) is 14.8 Å². The Bertz CT molecular complexity index is 1370. The molecule has 4 rings (SSSR count). The van der Waals surface area contributed by atoms with Crippen molar-refractivity contribution in [1.29, 1.82) is 5.26 Å². The quantitative estimate of drug-likeness (QED) is 0.556. The topological polar surface area (TPSA) is 124 Å². The number of amides is 1. The molecule has 1 amide bonds. The zero-order chi connectivity index (χ0) is 25.3. The number of hydrogen-bond acceptors (Lipinski definition) is 7. The lowest BCUT2D eigenvalue weighted by Crippen LogP contribution is -2.50. The Hall–Kier alpha value is -3.46. The Kier molecular flexibility index (Phi) is 6.80. The van der Waals surface area contributed by atoms with Crippen LogP contribution in [0.5, 0.6) is 0 Å². The first-order valence-electron chi connectivity index (χ1n) is 11.3. The molecule has 10 nitrogen and oxygen atoms in total. The van der Waals surface area contributed by atoms with Gasteiger partial charge < -0.3 is 9.84 Å². The van der Waals surface area contributed by atoms with Crippen LogP contribution in [0, 0.1) is 39.0 Å². The van der Waals surface area contributed by atoms with E-state index in [9.17, 15) is 18.5 Å². The summed E-state index contributed by atoms with van der Waals surface area (Å²) in [5.41, 5.74) is 3.30. The van der Waals surface area contributed by atoms with E-state index >= 15 is 0 Å². The standard InChI is InChI=1S/C24H28N6O4S/c1-16-18(3)30(20-8-6-5-7-9-20)24(21(16)14-25)26-22(31)15-28-10-12-29(13-11-28)35(32,33)23-17(2)27-34-19(23)4/h5-9H,10-13,15H2,1-4H3,(H,26,31). The van der Waals surface area contributed by atoms with E-state index in [-0.39, 0.29) is 36.2 Å². The first kappa shape index (κ1) is 24.7. The van der Waals surface area contributed by atoms with E-state index in [0.29, 0.717) is 30.2 Å². The number of nitrogens with zero attached hydrogens (tertiary/aromatic N) is 5. The lowest BCUT2D eigenvalue weighted by Gasteiger charge is -2.33. The van der Waals surface area contributed by atoms with Crippen LogP contribution in [-0.4, -0.2) is 66.0 Å². The van der Waals surface area contributed by atoms with Gasteiger partial charge in [0.2, 0.25) is 15.9 Å². The van der Waals surface area contributed by atoms with Crippen LogP contribution < -0.4 is 5.32 Å². The summed E-state index contributed by atoms with van der Waals surface area (Å²) >= 11 is 0. The molecule has 1 aliphatic rings. The molecular formula is C24H28N6O4S. The molecule has 0 unspecified atom stereocenters. The summed E-state index contributed by atoms with van der Waals surface area (Å²) in [5, 5.41) is 16.4. The van der Waals surface area contributed by atoms with Crippen molar-refractivity contribution in [3.05, 3.63) is 58.6 Å². The fourth-order valence-electron chi connectivity index (χ4n) is 4.44. The average Bonchev–Trinajstić information content (AvgIpc) is 3.29. The van der Waals surface area contributed by atoms with Crippen molar-refractivity contribution in [2.45, 2.75) is 32.6 Å². The summed E-state index contributed by atoms with van der Waals surface area (Å²) in [4.78, 5) is 15.0. The highest BCUT2D eigenvalue weighted by molar-refractivity contribution is 7.89. The predicted molar refractivity (Wildman–Crippen MR) is 130 cm³/mol. The maximum Gasteiger partial charge on any atom is 0.248 e. The maximum absolute atomic E-state index is 13.0. The molecule has 1 N–H and O–H groups in total. The third-order valence-corrected chi connectivity index (χ3v) is 8.51. The normalized spacial score (nSPS) is 15.2. The second-order valence-corrected chi connectivity index (χ2v) is 10.5. The smallest absolute Gasteiger partial charge is 0.248 e. The molecule has 1 fully saturated rings. The zero-order valence-electron chi connectivity index (χ0n) is 20.2. The molecule has 0 radical (unpaired) electrons. The highest BCUT2D eigenvalue weighted by Gasteiger charge is 2.33. The molecule has 0 aliphatic carbocycles. The Balaban J connectivity index is 1.46. The van der Waals surface area contributed by atoms with E-state index in [1.54, 1.807) is 13.8 Å². The molecule has 0 bridgehead atoms. The number of benzene rings is 1. The number of nitriles is 1. The van der Waals surface area contributed by atoms with Crippen molar-refractivity contribution in [2.24, 2.45) is 0 Å². The van der Waals surface area contributed by atoms with Gasteiger partial charge in [-0.2, -0.15) is 9.57 Å². The van der Waals surface area contributed by atoms with Crippen LogP contribution in [0.4, 0.5) is 5.82 Å². The molecule has 1 aliphatic heterocycles. The number of nitrogens with one attached hydrogen (secondary N) is 1. The van der Waals surface area contributed by atoms with E-state index in [2.05, 4.69) is 16.5 Å². The van der Waals surface area contributed by atoms with Gasteiger partial charge in [0, 0.05) is 37.6 Å². The maximum atomic E-state index is 13.0. The molecule has 1 aromatic carbocycles. The van der Waals surface area contributed by atoms with Gasteiger partial charge in [0.05, 0.1) is 12.1 Å². The predicted octanol–water partition coefficient (Wildman–Crippen LogP) is 2.52. The number of aryl methyl sites for hydroxylation is 2. The molecule has 1 saturated heterocycles. The van der Waals surface area contributed by atoms with Gasteiger partial charge in [-0.3, -0.25) is 14.3 Å². The van der Waals surface area contributed by atoms with Gasteiger partial charge >= 0.3 is 0 Å². The summed E-state index contributed by atoms with van der Waals surface area (Å²) in [6.45, 7) is 8.36. The SMILES string of the molecule is Cc1noc(C)c1S(=O)(=O)N1CCN(CC(=O)Nc2c(C#N)c(C)c(C)n2-c2ccccc2)CC1. The average molecular weight is 497 g/mol. The van der Waals surface area contributed by atoms with Crippen molar-refractivity contribution >= 4 is 21.7 Å². The van der Waals surface area contributed by atoms with Crippen LogP contribution in [0.3, 0.4) is 0 Å². The van der Waals surface area contributed by atoms with Crippen molar-refractivity contribution in [1.82, 2.24) is 18.9 Å². The minimum Gasteiger partial charge on any atom is -0.360 e. The Morgan fingerprint density at radius 2 is 1.77 bits per heavy atom. The number of piperazine rings is 1. The first-order chi connectivity index (χ1) is 16.6. The molecule has 11 heteroatoms. The summed E-state index contributed by atoms with van der Waals surface area (Å²) in [6.07, 6.45) is 0. The Morgan fingerprint density at radius 1 is 1.11 bits per heavy atom. The van der Waals surface area contributed by atoms with E-state index in [4.69, 9.17) is 4.52 Å². The minimum atomic E-state index is -3.72. The number of para-hydroxylation sites is 1. The summed E-state index contributed by atoms with van der Waals surface area (Å²) in [7, 11) is -3.72. The van der Waals surface area contributed by atoms with Crippen molar-refractivity contribution < 1.29 is 17.7 Å². The highest BCUT2D eigenvalue weighted by atomic mass is 32.2. The van der Waals surface area contributed by atoms with Gasteiger partial charge in [0.1, 0.15) is 22.5 Å². The number of carbonyl (C=O) groups is 1. The second kappa shape index (κ2) is 9.65. The van der Waals surface area contributed by atoms with E-state index in [1.165, 1.54) is 4.31 Å². The van der Waals surface area contributed by atoms with Gasteiger partial charge in [-0.05, 0) is 45.4 Å². The van der Waals surface area contributed by atoms with Gasteiger partial charge in [0.15, 0.2) is 5.76 Å². The Labute approximate surface area is 204 Å². The monoisotopic (exact) mass is 496 g/mol. The Morgan fingerprint density at radius 3 is 2.34 bits per heavy atom. The molecular weight excluding hydrogens is 468 g/mol. The number of hydrogen-bond donors (Lipinski definition) is 1. The van der Waals surface area contributed by atoms with Crippen LogP contribution >= 0.6 is 0 Å². The van der Waals surface area contributed by atoms with Crippen LogP contribution in [0.15, 0.2) is 39.8 Å². The molecule has 0 atom stereocenters. The van der Waals surface area contributed by atoms with E-state index in [1.807, 2.05) is 53.6 Å². The largest absolute Gasteiger partial charge is 0.360 e. The molecule has 184 valence electrons. The van der Waals surface area contributed by atoms with Gasteiger partial charge in [0.25, 0.3) is 0 Å². The number of rotatable bonds is 6. The zero-order valence-corrected chi connectivity index (χ0v) is 21.0. The van der Waals surface area contributed by atoms with Crippen LogP contribution in [0.1, 0.15) is 28.3 Å². The van der Waals surface area contributed by atoms with Gasteiger partial charge in [-0.25, -0.2) is 8.42 Å². The second-order valence-electron chi connectivity index (χ2n) is 8.60. The van der Waals surface area contributed by atoms with E-state index in [0.717, 1.165) is 16.9 Å². The molecule has 2 aromatic heterocycles. The summed E-state index contributed by atoms with van der Waals surface area (Å²) in [6, 6.07) is 11.8. The molecule has 3 aromatic rings. The lowest BCUT2D eigenvalue weighted by atomic mass is 10.2. The highest BCUT2D eigenvalue weighted by Crippen LogP contribution is 2.30. The lowest BCUT2D eigenvalue weighted by molar-refractivity contribution is -0.117. The fraction of sp³-hybridized carbons (Fsp3) is 0.375. The number of aromatic nitrogens is 2. The van der Waals surface area contributed by atoms with Gasteiger partial charge in [-0.15, -0.1) is 0 Å². The first-order valence-corrected chi connectivity index (χ1v) is 12.7. The summed E-state index contributed by atoms with van der Waals surface area (Å²) in [5.74, 6) is 0.446. The molecule has 3 heterocycles. The van der Waals surface area contributed by atoms with Crippen molar-refractivity contribution in [2.75, 3.05) is 38.0 Å². The van der Waals surface area contributed by atoms with Crippen molar-refractivity contribution in [3.8, 4) is 11.8 Å². The number of anilines is 1. The fourth-order valence-corrected chi connectivity index (χ4v) is 6.15. The van der Waals surface area contributed by atoms with Crippen LogP contribution in [0.25, 0.3) is 5.69 Å². The van der Waals surface area contributed by atoms with E-state index < -0.39 is 10.0 Å². The number of sulfonamides is 1. The molecule has 0 saturated carbocycles. The number of carbonyl (C=O) groups excluding carboxylic acids is 1. The van der Waals surface area contributed by atoms with Crippen molar-refractivity contribution in [3.63, 3.8) is 0 Å². The van der Waals surface area contributed by atoms with Gasteiger partial charge in [-0.1, -0.05) is 23.4 Å². The summed E-state index contributed by atoms with van der Waals surface area (Å²) < 4.78 is 34.4. The molecule has 0 spiro atoms. The minimum absolute atomic E-state index is 0.0855. The third-order valence-electron chi connectivity index (χ3n) is 6.36.